The van der Waals surface area contributed by atoms with Gasteiger partial charge in [-0.15, -0.1) is 17.0 Å². The molecule has 7 nitrogen and oxygen atoms in total. The minimum atomic E-state index is -1.40. The first-order chi connectivity index (χ1) is 15.9. The maximum absolute atomic E-state index is 13.4. The number of hydrogen-bond acceptors (Lipinski definition) is 5. The minimum Gasteiger partial charge on any atom is -0.507 e. The van der Waals surface area contributed by atoms with Crippen LogP contribution in [0.2, 0.25) is 0 Å². The third-order valence-corrected chi connectivity index (χ3v) is 6.28. The number of phenolic OH excluding ortho intramolecular Hbond substituents is 1. The van der Waals surface area contributed by atoms with Crippen molar-refractivity contribution in [3.63, 3.8) is 0 Å². The third kappa shape index (κ3) is 5.91. The normalized spacial score (nSPS) is 13.8. The SMILES string of the molecule is Br.CC(C)(Oc1ccc2c(c1)C(=N)N(CC(=O)c1cc(C(C)(C)C)c(O)c(C(C)(C)C)c1)C2)C(=O)O. The Balaban J connectivity index is 0.00000456. The molecule has 196 valence electrons. The molecule has 0 aliphatic carbocycles. The minimum absolute atomic E-state index is 0. The molecule has 0 fully saturated rings. The molecule has 0 amide bonds. The zero-order valence-corrected chi connectivity index (χ0v) is 24.0. The van der Waals surface area contributed by atoms with Gasteiger partial charge in [-0.05, 0) is 54.5 Å². The van der Waals surface area contributed by atoms with Gasteiger partial charge in [0.1, 0.15) is 17.3 Å². The van der Waals surface area contributed by atoms with Crippen molar-refractivity contribution in [3.05, 3.63) is 58.1 Å². The summed E-state index contributed by atoms with van der Waals surface area (Å²) in [4.78, 5) is 26.5. The summed E-state index contributed by atoms with van der Waals surface area (Å²) in [6.45, 7) is 15.4. The number of fused-ring (bicyclic) bond motifs is 1. The second-order valence-electron chi connectivity index (χ2n) is 11.8. The Labute approximate surface area is 223 Å². The van der Waals surface area contributed by atoms with Gasteiger partial charge in [0.05, 0.1) is 6.54 Å². The van der Waals surface area contributed by atoms with E-state index in [1.807, 2.05) is 41.5 Å². The topological polar surface area (TPSA) is 111 Å². The molecular weight excluding hydrogens is 524 g/mol. The summed E-state index contributed by atoms with van der Waals surface area (Å²) in [5.74, 6) is -0.449. The molecule has 0 saturated heterocycles. The molecule has 1 aliphatic rings. The molecule has 0 unspecified atom stereocenters. The number of carboxylic acid groups (broad SMARTS) is 1. The number of hydrogen-bond donors (Lipinski definition) is 3. The number of ether oxygens (including phenoxy) is 1. The number of nitrogens with one attached hydrogen (secondary N) is 1. The van der Waals surface area contributed by atoms with Gasteiger partial charge >= 0.3 is 5.97 Å². The Morgan fingerprint density at radius 2 is 1.50 bits per heavy atom. The average Bonchev–Trinajstić information content (AvgIpc) is 3.01. The van der Waals surface area contributed by atoms with Crippen LogP contribution in [0.15, 0.2) is 30.3 Å². The second kappa shape index (κ2) is 9.88. The molecule has 1 aliphatic heterocycles. The van der Waals surface area contributed by atoms with Crippen molar-refractivity contribution < 1.29 is 24.5 Å². The van der Waals surface area contributed by atoms with Gasteiger partial charge in [-0.1, -0.05) is 47.6 Å². The lowest BCUT2D eigenvalue weighted by atomic mass is 9.78. The second-order valence-corrected chi connectivity index (χ2v) is 11.8. The number of nitrogens with zero attached hydrogens (tertiary/aromatic N) is 1. The van der Waals surface area contributed by atoms with Crippen molar-refractivity contribution in [3.8, 4) is 11.5 Å². The molecule has 3 N–H and O–H groups in total. The molecule has 0 spiro atoms. The van der Waals surface area contributed by atoms with Gasteiger partial charge in [0.2, 0.25) is 0 Å². The number of carboxylic acids is 1. The molecule has 2 aromatic rings. The van der Waals surface area contributed by atoms with Gasteiger partial charge in [0.15, 0.2) is 11.4 Å². The number of Topliss-reactive ketones (excluding diaryl/α,β-unsaturated/α-hetero) is 1. The molecule has 0 aromatic heterocycles. The van der Waals surface area contributed by atoms with Crippen LogP contribution in [-0.2, 0) is 22.2 Å². The summed E-state index contributed by atoms with van der Waals surface area (Å²) >= 11 is 0. The predicted molar refractivity (Wildman–Crippen MR) is 146 cm³/mol. The number of aromatic hydroxyl groups is 1. The lowest BCUT2D eigenvalue weighted by Crippen LogP contribution is -2.37. The molecular formula is C28H37BrN2O5. The molecule has 36 heavy (non-hydrogen) atoms. The quantitative estimate of drug-likeness (QED) is 0.383. The highest BCUT2D eigenvalue weighted by Gasteiger charge is 2.32. The van der Waals surface area contributed by atoms with Gasteiger partial charge in [0, 0.05) is 28.8 Å². The summed E-state index contributed by atoms with van der Waals surface area (Å²) in [7, 11) is 0. The highest BCUT2D eigenvalue weighted by atomic mass is 79.9. The molecule has 2 aromatic carbocycles. The van der Waals surface area contributed by atoms with Gasteiger partial charge in [-0.3, -0.25) is 10.2 Å². The first kappa shape index (κ1) is 29.4. The maximum atomic E-state index is 13.4. The summed E-state index contributed by atoms with van der Waals surface area (Å²) in [6.07, 6.45) is 0. The molecule has 0 bridgehead atoms. The van der Waals surface area contributed by atoms with Crippen molar-refractivity contribution in [2.45, 2.75) is 78.4 Å². The molecule has 3 rings (SSSR count). The zero-order chi connectivity index (χ0) is 26.5. The van der Waals surface area contributed by atoms with Crippen LogP contribution in [0, 0.1) is 5.41 Å². The summed E-state index contributed by atoms with van der Waals surface area (Å²) in [5, 5.41) is 28.9. The average molecular weight is 562 g/mol. The zero-order valence-electron chi connectivity index (χ0n) is 22.3. The van der Waals surface area contributed by atoms with Gasteiger partial charge < -0.3 is 19.8 Å². The molecule has 0 radical (unpaired) electrons. The van der Waals surface area contributed by atoms with Crippen molar-refractivity contribution in [1.82, 2.24) is 4.90 Å². The number of phenols is 1. The number of halogens is 1. The van der Waals surface area contributed by atoms with E-state index in [-0.39, 0.29) is 51.7 Å². The van der Waals surface area contributed by atoms with Crippen LogP contribution in [0.25, 0.3) is 0 Å². The Morgan fingerprint density at radius 1 is 0.972 bits per heavy atom. The van der Waals surface area contributed by atoms with Crippen LogP contribution in [0.4, 0.5) is 0 Å². The molecule has 1 heterocycles. The number of carbonyl (C=O) groups excluding carboxylic acids is 1. The number of aliphatic carboxylic acids is 1. The van der Waals surface area contributed by atoms with Crippen molar-refractivity contribution >= 4 is 34.6 Å². The first-order valence-electron chi connectivity index (χ1n) is 11.7. The van der Waals surface area contributed by atoms with E-state index in [2.05, 4.69) is 0 Å². The number of amidine groups is 1. The highest BCUT2D eigenvalue weighted by molar-refractivity contribution is 8.93. The van der Waals surface area contributed by atoms with Crippen LogP contribution in [0.3, 0.4) is 0 Å². The van der Waals surface area contributed by atoms with Gasteiger partial charge in [0.25, 0.3) is 0 Å². The Bertz CT molecular complexity index is 1170. The van der Waals surface area contributed by atoms with Crippen molar-refractivity contribution in [2.24, 2.45) is 0 Å². The Morgan fingerprint density at radius 3 is 1.97 bits per heavy atom. The summed E-state index contributed by atoms with van der Waals surface area (Å²) in [5.41, 5.74) is 1.33. The lowest BCUT2D eigenvalue weighted by Gasteiger charge is -2.28. The number of benzene rings is 2. The van der Waals surface area contributed by atoms with Crippen molar-refractivity contribution in [2.75, 3.05) is 6.54 Å². The van der Waals surface area contributed by atoms with E-state index < -0.39 is 11.6 Å². The van der Waals surface area contributed by atoms with Gasteiger partial charge in [-0.2, -0.15) is 0 Å². The van der Waals surface area contributed by atoms with Gasteiger partial charge in [-0.25, -0.2) is 4.79 Å². The van der Waals surface area contributed by atoms with E-state index in [9.17, 15) is 19.8 Å². The van der Waals surface area contributed by atoms with E-state index in [0.717, 1.165) is 16.7 Å². The van der Waals surface area contributed by atoms with Crippen molar-refractivity contribution in [1.29, 1.82) is 5.41 Å². The maximum Gasteiger partial charge on any atom is 0.347 e. The van der Waals surface area contributed by atoms with Crippen LogP contribution in [-0.4, -0.2) is 44.8 Å². The monoisotopic (exact) mass is 560 g/mol. The van der Waals surface area contributed by atoms with Crippen LogP contribution in [0.1, 0.15) is 88.0 Å². The third-order valence-electron chi connectivity index (χ3n) is 6.28. The van der Waals surface area contributed by atoms with E-state index in [4.69, 9.17) is 10.1 Å². The summed E-state index contributed by atoms with van der Waals surface area (Å²) < 4.78 is 5.62. The summed E-state index contributed by atoms with van der Waals surface area (Å²) in [6, 6.07) is 8.67. The number of ketones is 1. The fraction of sp³-hybridized carbons (Fsp3) is 0.464. The molecule has 8 heteroatoms. The first-order valence-corrected chi connectivity index (χ1v) is 11.7. The van der Waals surface area contributed by atoms with E-state index in [1.165, 1.54) is 13.8 Å². The van der Waals surface area contributed by atoms with E-state index in [1.54, 1.807) is 35.2 Å². The largest absolute Gasteiger partial charge is 0.507 e. The van der Waals surface area contributed by atoms with E-state index in [0.29, 0.717) is 23.4 Å². The fourth-order valence-corrected chi connectivity index (χ4v) is 4.11. The highest BCUT2D eigenvalue weighted by Crippen LogP contribution is 2.40. The number of carbonyl (C=O) groups is 2. The fourth-order valence-electron chi connectivity index (χ4n) is 4.11. The van der Waals surface area contributed by atoms with Crippen LogP contribution >= 0.6 is 17.0 Å². The number of rotatable bonds is 6. The van der Waals surface area contributed by atoms with Crippen LogP contribution < -0.4 is 4.74 Å². The standard InChI is InChI=1S/C28H36N2O5.BrH/c1-26(2,3)20-11-17(12-21(23(20)32)27(4,5)6)22(31)15-30-14-16-9-10-18(13-19(16)24(30)29)35-28(7,8)25(33)34;/h9-13,29,32H,14-15H2,1-8H3,(H,33,34);1H. The molecule has 0 atom stereocenters. The molecule has 0 saturated carbocycles. The van der Waals surface area contributed by atoms with Crippen LogP contribution in [0.5, 0.6) is 11.5 Å². The predicted octanol–water partition coefficient (Wildman–Crippen LogP) is 5.83. The lowest BCUT2D eigenvalue weighted by molar-refractivity contribution is -0.152. The Hall–Kier alpha value is -2.87. The Kier molecular flexibility index (Phi) is 8.06. The van der Waals surface area contributed by atoms with E-state index >= 15 is 0 Å². The smallest absolute Gasteiger partial charge is 0.347 e.